The van der Waals surface area contributed by atoms with E-state index in [0.717, 1.165) is 18.5 Å². The van der Waals surface area contributed by atoms with Gasteiger partial charge in [-0.1, -0.05) is 6.07 Å². The van der Waals surface area contributed by atoms with Gasteiger partial charge in [0.05, 0.1) is 0 Å². The summed E-state index contributed by atoms with van der Waals surface area (Å²) in [6.07, 6.45) is 3.49. The van der Waals surface area contributed by atoms with Gasteiger partial charge in [0, 0.05) is 5.69 Å². The number of rotatable bonds is 1. The molecule has 0 saturated carbocycles. The fraction of sp³-hybridized carbons (Fsp3) is 0.300. The number of amides is 1. The Morgan fingerprint density at radius 3 is 2.85 bits per heavy atom. The molecule has 13 heavy (non-hydrogen) atoms. The zero-order chi connectivity index (χ0) is 9.26. The van der Waals surface area contributed by atoms with Crippen LogP contribution in [0.15, 0.2) is 18.2 Å². The molecule has 3 heteroatoms. The minimum Gasteiger partial charge on any atom is -0.312 e. The second kappa shape index (κ2) is 3.38. The van der Waals surface area contributed by atoms with Crippen LogP contribution in [0.2, 0.25) is 0 Å². The van der Waals surface area contributed by atoms with Crippen LogP contribution in [-0.4, -0.2) is 5.37 Å². The second-order valence-corrected chi connectivity index (χ2v) is 3.58. The summed E-state index contributed by atoms with van der Waals surface area (Å²) in [4.78, 5) is 10.6. The molecular formula is C10H10ClNO. The lowest BCUT2D eigenvalue weighted by Crippen LogP contribution is -2.01. The molecule has 0 heterocycles. The Kier molecular flexibility index (Phi) is 2.23. The number of aryl methyl sites for hydroxylation is 2. The van der Waals surface area contributed by atoms with Crippen molar-refractivity contribution in [1.29, 1.82) is 0 Å². The van der Waals surface area contributed by atoms with Gasteiger partial charge in [-0.3, -0.25) is 4.79 Å². The van der Waals surface area contributed by atoms with Crippen molar-refractivity contribution in [2.45, 2.75) is 19.3 Å². The Morgan fingerprint density at radius 2 is 2.08 bits per heavy atom. The third-order valence-corrected chi connectivity index (χ3v) is 2.44. The Hall–Kier alpha value is -1.02. The minimum atomic E-state index is -0.530. The monoisotopic (exact) mass is 195 g/mol. The lowest BCUT2D eigenvalue weighted by molar-refractivity contribution is 0.269. The Balaban J connectivity index is 2.25. The number of nitrogens with one attached hydrogen (secondary N) is 1. The molecule has 2 nitrogen and oxygen atoms in total. The Bertz CT molecular complexity index is 349. The summed E-state index contributed by atoms with van der Waals surface area (Å²) in [7, 11) is 0. The topological polar surface area (TPSA) is 29.1 Å². The third kappa shape index (κ3) is 1.83. The Labute approximate surface area is 81.9 Å². The van der Waals surface area contributed by atoms with E-state index in [1.807, 2.05) is 12.1 Å². The zero-order valence-electron chi connectivity index (χ0n) is 7.14. The molecule has 1 amide bonds. The van der Waals surface area contributed by atoms with Crippen LogP contribution in [0, 0.1) is 0 Å². The number of carbonyl (C=O) groups is 1. The van der Waals surface area contributed by atoms with E-state index in [2.05, 4.69) is 11.4 Å². The van der Waals surface area contributed by atoms with Crippen LogP contribution in [0.1, 0.15) is 17.5 Å². The van der Waals surface area contributed by atoms with E-state index in [-0.39, 0.29) is 0 Å². The fourth-order valence-corrected chi connectivity index (χ4v) is 1.87. The van der Waals surface area contributed by atoms with Crippen molar-refractivity contribution in [1.82, 2.24) is 0 Å². The first-order valence-corrected chi connectivity index (χ1v) is 4.72. The maximum atomic E-state index is 10.6. The van der Waals surface area contributed by atoms with Crippen LogP contribution in [0.3, 0.4) is 0 Å². The molecule has 1 aliphatic carbocycles. The molecule has 2 rings (SSSR count). The van der Waals surface area contributed by atoms with Crippen LogP contribution >= 0.6 is 11.6 Å². The highest BCUT2D eigenvalue weighted by atomic mass is 35.5. The van der Waals surface area contributed by atoms with E-state index in [1.54, 1.807) is 0 Å². The van der Waals surface area contributed by atoms with E-state index in [4.69, 9.17) is 11.6 Å². The molecule has 0 aromatic heterocycles. The van der Waals surface area contributed by atoms with E-state index >= 15 is 0 Å². The minimum absolute atomic E-state index is 0.530. The highest BCUT2D eigenvalue weighted by Gasteiger charge is 2.10. The van der Waals surface area contributed by atoms with Gasteiger partial charge in [0.15, 0.2) is 0 Å². The molecule has 68 valence electrons. The number of benzene rings is 1. The van der Waals surface area contributed by atoms with E-state index in [1.165, 1.54) is 17.5 Å². The number of hydrogen-bond acceptors (Lipinski definition) is 1. The maximum Gasteiger partial charge on any atom is 0.318 e. The largest absolute Gasteiger partial charge is 0.318 e. The SMILES string of the molecule is O=C(Cl)Nc1ccc2c(c1)CCC2. The van der Waals surface area contributed by atoms with Gasteiger partial charge in [0.2, 0.25) is 0 Å². The summed E-state index contributed by atoms with van der Waals surface area (Å²) < 4.78 is 0. The predicted molar refractivity (Wildman–Crippen MR) is 53.3 cm³/mol. The molecule has 0 fully saturated rings. The Morgan fingerprint density at radius 1 is 1.31 bits per heavy atom. The summed E-state index contributed by atoms with van der Waals surface area (Å²) in [6, 6.07) is 5.96. The summed E-state index contributed by atoms with van der Waals surface area (Å²) in [6.45, 7) is 0. The van der Waals surface area contributed by atoms with Crippen molar-refractivity contribution in [3.63, 3.8) is 0 Å². The number of carbonyl (C=O) groups excluding carboxylic acids is 1. The van der Waals surface area contributed by atoms with E-state index in [9.17, 15) is 4.79 Å². The lowest BCUT2D eigenvalue weighted by Gasteiger charge is -2.03. The molecule has 1 aromatic rings. The van der Waals surface area contributed by atoms with Crippen molar-refractivity contribution in [2.75, 3.05) is 5.32 Å². The normalized spacial score (nSPS) is 13.9. The highest BCUT2D eigenvalue weighted by molar-refractivity contribution is 6.65. The average molecular weight is 196 g/mol. The average Bonchev–Trinajstić information content (AvgIpc) is 2.49. The van der Waals surface area contributed by atoms with Gasteiger partial charge >= 0.3 is 5.37 Å². The second-order valence-electron chi connectivity index (χ2n) is 3.24. The van der Waals surface area contributed by atoms with Crippen LogP contribution in [0.4, 0.5) is 10.5 Å². The molecule has 0 spiro atoms. The molecule has 0 aliphatic heterocycles. The van der Waals surface area contributed by atoms with Crippen molar-refractivity contribution >= 4 is 22.7 Å². The van der Waals surface area contributed by atoms with Crippen molar-refractivity contribution < 1.29 is 4.79 Å². The third-order valence-electron chi connectivity index (χ3n) is 2.34. The first-order valence-electron chi connectivity index (χ1n) is 4.34. The number of anilines is 1. The molecule has 0 bridgehead atoms. The molecular weight excluding hydrogens is 186 g/mol. The van der Waals surface area contributed by atoms with Gasteiger partial charge < -0.3 is 5.32 Å². The fourth-order valence-electron chi connectivity index (χ4n) is 1.76. The lowest BCUT2D eigenvalue weighted by atomic mass is 10.1. The number of hydrogen-bond donors (Lipinski definition) is 1. The summed E-state index contributed by atoms with van der Waals surface area (Å²) >= 11 is 5.21. The molecule has 0 unspecified atom stereocenters. The van der Waals surface area contributed by atoms with Gasteiger partial charge in [-0.15, -0.1) is 0 Å². The van der Waals surface area contributed by atoms with Crippen LogP contribution < -0.4 is 5.32 Å². The maximum absolute atomic E-state index is 10.6. The van der Waals surface area contributed by atoms with E-state index in [0.29, 0.717) is 0 Å². The highest BCUT2D eigenvalue weighted by Crippen LogP contribution is 2.24. The molecule has 0 atom stereocenters. The van der Waals surface area contributed by atoms with Crippen LogP contribution in [0.25, 0.3) is 0 Å². The summed E-state index contributed by atoms with van der Waals surface area (Å²) in [5, 5.41) is 2.03. The molecule has 0 saturated heterocycles. The predicted octanol–water partition coefficient (Wildman–Crippen LogP) is 2.95. The van der Waals surface area contributed by atoms with Crippen LogP contribution in [-0.2, 0) is 12.8 Å². The van der Waals surface area contributed by atoms with Crippen LogP contribution in [0.5, 0.6) is 0 Å². The zero-order valence-corrected chi connectivity index (χ0v) is 7.90. The first-order chi connectivity index (χ1) is 6.25. The van der Waals surface area contributed by atoms with Crippen molar-refractivity contribution in [3.8, 4) is 0 Å². The van der Waals surface area contributed by atoms with Gasteiger partial charge in [0.1, 0.15) is 0 Å². The summed E-state index contributed by atoms with van der Waals surface area (Å²) in [5.74, 6) is 0. The van der Waals surface area contributed by atoms with Gasteiger partial charge in [-0.2, -0.15) is 0 Å². The molecule has 1 N–H and O–H groups in total. The van der Waals surface area contributed by atoms with E-state index < -0.39 is 5.37 Å². The standard InChI is InChI=1S/C10H10ClNO/c11-10(13)12-9-5-4-7-2-1-3-8(7)6-9/h4-6H,1-3H2,(H,12,13). The first kappa shape index (κ1) is 8.57. The van der Waals surface area contributed by atoms with Crippen molar-refractivity contribution in [3.05, 3.63) is 29.3 Å². The number of fused-ring (bicyclic) bond motifs is 1. The number of halogens is 1. The van der Waals surface area contributed by atoms with Crippen molar-refractivity contribution in [2.24, 2.45) is 0 Å². The summed E-state index contributed by atoms with van der Waals surface area (Å²) in [5.41, 5.74) is 3.52. The molecule has 1 aliphatic rings. The van der Waals surface area contributed by atoms with Gasteiger partial charge in [0.25, 0.3) is 0 Å². The van der Waals surface area contributed by atoms with Gasteiger partial charge in [-0.05, 0) is 54.1 Å². The quantitative estimate of drug-likeness (QED) is 0.542. The smallest absolute Gasteiger partial charge is 0.312 e. The molecule has 0 radical (unpaired) electrons. The van der Waals surface area contributed by atoms with Gasteiger partial charge in [-0.25, -0.2) is 0 Å². The molecule has 1 aromatic carbocycles.